The van der Waals surface area contributed by atoms with Crippen molar-refractivity contribution in [2.75, 3.05) is 13.2 Å². The molecule has 2 heterocycles. The molecule has 0 N–H and O–H groups in total. The molecule has 0 saturated carbocycles. The molecular formula is C12H10O4. The van der Waals surface area contributed by atoms with Crippen LogP contribution in [0.3, 0.4) is 0 Å². The molecule has 3 rings (SSSR count). The maximum atomic E-state index is 11.0. The second kappa shape index (κ2) is 3.64. The number of hydrogen-bond acceptors (Lipinski definition) is 4. The molecule has 0 bridgehead atoms. The lowest BCUT2D eigenvalue weighted by molar-refractivity contribution is 0.263. The second-order valence-corrected chi connectivity index (χ2v) is 3.72. The summed E-state index contributed by atoms with van der Waals surface area (Å²) in [6.07, 6.45) is 0.221. The quantitative estimate of drug-likeness (QED) is 0.579. The van der Waals surface area contributed by atoms with Gasteiger partial charge in [0.15, 0.2) is 0 Å². The van der Waals surface area contributed by atoms with Crippen molar-refractivity contribution in [3.8, 4) is 5.75 Å². The summed E-state index contributed by atoms with van der Waals surface area (Å²) in [7, 11) is 0. The molecule has 4 heteroatoms. The summed E-state index contributed by atoms with van der Waals surface area (Å²) in [4.78, 5) is 11.0. The van der Waals surface area contributed by atoms with Crippen molar-refractivity contribution in [3.63, 3.8) is 0 Å². The summed E-state index contributed by atoms with van der Waals surface area (Å²) >= 11 is 0. The van der Waals surface area contributed by atoms with Gasteiger partial charge in [0.05, 0.1) is 6.61 Å². The molecule has 1 aromatic carbocycles. The first kappa shape index (κ1) is 9.42. The summed E-state index contributed by atoms with van der Waals surface area (Å²) in [5.41, 5.74) is 0.192. The molecule has 1 aliphatic heterocycles. The highest BCUT2D eigenvalue weighted by molar-refractivity contribution is 5.77. The van der Waals surface area contributed by atoms with Crippen LogP contribution in [0.2, 0.25) is 0 Å². The molecule has 16 heavy (non-hydrogen) atoms. The van der Waals surface area contributed by atoms with E-state index in [0.717, 1.165) is 12.0 Å². The lowest BCUT2D eigenvalue weighted by atomic mass is 10.2. The normalized spacial score (nSPS) is 18.6. The van der Waals surface area contributed by atoms with E-state index in [4.69, 9.17) is 13.9 Å². The van der Waals surface area contributed by atoms with E-state index in [9.17, 15) is 4.79 Å². The molecule has 1 aromatic heterocycles. The van der Waals surface area contributed by atoms with Gasteiger partial charge in [-0.25, -0.2) is 4.79 Å². The summed E-state index contributed by atoms with van der Waals surface area (Å²) in [6.45, 7) is 1.31. The van der Waals surface area contributed by atoms with Crippen molar-refractivity contribution < 1.29 is 13.9 Å². The highest BCUT2D eigenvalue weighted by atomic mass is 16.6. The van der Waals surface area contributed by atoms with E-state index in [0.29, 0.717) is 17.9 Å². The molecule has 0 spiro atoms. The van der Waals surface area contributed by atoms with Crippen molar-refractivity contribution in [1.29, 1.82) is 0 Å². The van der Waals surface area contributed by atoms with Gasteiger partial charge in [-0.1, -0.05) is 0 Å². The highest BCUT2D eigenvalue weighted by Gasteiger charge is 2.23. The van der Waals surface area contributed by atoms with E-state index >= 15 is 0 Å². The minimum Gasteiger partial charge on any atom is -0.491 e. The Kier molecular flexibility index (Phi) is 2.15. The first-order valence-electron chi connectivity index (χ1n) is 5.09. The molecule has 1 saturated heterocycles. The van der Waals surface area contributed by atoms with Gasteiger partial charge in [-0.15, -0.1) is 0 Å². The molecule has 2 aromatic rings. The van der Waals surface area contributed by atoms with E-state index in [1.54, 1.807) is 12.1 Å². The number of epoxide rings is 1. The van der Waals surface area contributed by atoms with E-state index in [2.05, 4.69) is 0 Å². The van der Waals surface area contributed by atoms with Gasteiger partial charge in [0.2, 0.25) is 0 Å². The third kappa shape index (κ3) is 1.92. The molecule has 1 unspecified atom stereocenters. The van der Waals surface area contributed by atoms with Crippen LogP contribution in [0.1, 0.15) is 0 Å². The van der Waals surface area contributed by atoms with Gasteiger partial charge in [-0.05, 0) is 18.2 Å². The van der Waals surface area contributed by atoms with Gasteiger partial charge in [-0.2, -0.15) is 0 Å². The Balaban J connectivity index is 1.90. The van der Waals surface area contributed by atoms with Crippen LogP contribution in [0.25, 0.3) is 11.0 Å². The van der Waals surface area contributed by atoms with Crippen molar-refractivity contribution in [2.45, 2.75) is 6.10 Å². The van der Waals surface area contributed by atoms with Gasteiger partial charge in [0, 0.05) is 17.5 Å². The molecule has 82 valence electrons. The molecule has 0 radical (unpaired) electrons. The van der Waals surface area contributed by atoms with Gasteiger partial charge in [0.25, 0.3) is 0 Å². The van der Waals surface area contributed by atoms with Gasteiger partial charge >= 0.3 is 5.63 Å². The van der Waals surface area contributed by atoms with Crippen LogP contribution >= 0.6 is 0 Å². The molecule has 4 nitrogen and oxygen atoms in total. The Bertz CT molecular complexity index is 568. The van der Waals surface area contributed by atoms with Crippen LogP contribution in [-0.4, -0.2) is 19.3 Å². The second-order valence-electron chi connectivity index (χ2n) is 3.72. The predicted octanol–water partition coefficient (Wildman–Crippen LogP) is 1.57. The minimum absolute atomic E-state index is 0.221. The number of ether oxygens (including phenoxy) is 2. The maximum absolute atomic E-state index is 11.0. The van der Waals surface area contributed by atoms with Gasteiger partial charge < -0.3 is 13.9 Å². The lowest BCUT2D eigenvalue weighted by Crippen LogP contribution is -2.04. The Morgan fingerprint density at radius 1 is 1.31 bits per heavy atom. The van der Waals surface area contributed by atoms with E-state index in [1.165, 1.54) is 6.07 Å². The molecule has 0 aliphatic carbocycles. The summed E-state index contributed by atoms with van der Waals surface area (Å²) < 4.78 is 15.6. The fourth-order valence-electron chi connectivity index (χ4n) is 1.48. The van der Waals surface area contributed by atoms with E-state index in [-0.39, 0.29) is 11.7 Å². The topological polar surface area (TPSA) is 52.0 Å². The van der Waals surface area contributed by atoms with Crippen LogP contribution in [0.5, 0.6) is 5.75 Å². The van der Waals surface area contributed by atoms with E-state index < -0.39 is 0 Å². The summed E-state index contributed by atoms with van der Waals surface area (Å²) in [5, 5.41) is 0.884. The van der Waals surface area contributed by atoms with Gasteiger partial charge in [-0.3, -0.25) is 0 Å². The smallest absolute Gasteiger partial charge is 0.336 e. The Hall–Kier alpha value is -1.81. The first-order chi connectivity index (χ1) is 7.81. The minimum atomic E-state index is -0.352. The van der Waals surface area contributed by atoms with E-state index in [1.807, 2.05) is 12.1 Å². The Morgan fingerprint density at radius 2 is 2.12 bits per heavy atom. The predicted molar refractivity (Wildman–Crippen MR) is 57.7 cm³/mol. The van der Waals surface area contributed by atoms with Crippen LogP contribution < -0.4 is 10.4 Å². The molecule has 1 fully saturated rings. The fourth-order valence-corrected chi connectivity index (χ4v) is 1.48. The zero-order valence-corrected chi connectivity index (χ0v) is 8.51. The molecule has 1 atom stereocenters. The zero-order valence-electron chi connectivity index (χ0n) is 8.51. The summed E-state index contributed by atoms with van der Waals surface area (Å²) in [5.74, 6) is 0.692. The van der Waals surface area contributed by atoms with Crippen LogP contribution in [0, 0.1) is 0 Å². The maximum Gasteiger partial charge on any atom is 0.336 e. The third-order valence-corrected chi connectivity index (χ3v) is 2.43. The van der Waals surface area contributed by atoms with Crippen molar-refractivity contribution in [2.24, 2.45) is 0 Å². The van der Waals surface area contributed by atoms with Crippen LogP contribution in [-0.2, 0) is 4.74 Å². The largest absolute Gasteiger partial charge is 0.491 e. The molecule has 1 aliphatic rings. The Morgan fingerprint density at radius 3 is 2.94 bits per heavy atom. The first-order valence-corrected chi connectivity index (χ1v) is 5.09. The van der Waals surface area contributed by atoms with Crippen molar-refractivity contribution in [1.82, 2.24) is 0 Å². The number of fused-ring (bicyclic) bond motifs is 1. The van der Waals surface area contributed by atoms with Crippen molar-refractivity contribution in [3.05, 3.63) is 40.8 Å². The van der Waals surface area contributed by atoms with Gasteiger partial charge in [0.1, 0.15) is 24.0 Å². The number of rotatable bonds is 3. The fraction of sp³-hybridized carbons (Fsp3) is 0.250. The monoisotopic (exact) mass is 218 g/mol. The Labute approximate surface area is 91.4 Å². The molecular weight excluding hydrogens is 208 g/mol. The van der Waals surface area contributed by atoms with Crippen LogP contribution in [0.4, 0.5) is 0 Å². The number of hydrogen-bond donors (Lipinski definition) is 0. The lowest BCUT2D eigenvalue weighted by Gasteiger charge is -2.04. The zero-order chi connectivity index (χ0) is 11.0. The summed E-state index contributed by atoms with van der Waals surface area (Å²) in [6, 6.07) is 8.57. The standard InChI is InChI=1S/C12H10O4/c13-12-4-2-8-1-3-9(5-11(8)16-12)14-6-10-7-15-10/h1-5,10H,6-7H2. The molecule has 0 amide bonds. The van der Waals surface area contributed by atoms with Crippen molar-refractivity contribution >= 4 is 11.0 Å². The third-order valence-electron chi connectivity index (χ3n) is 2.43. The highest BCUT2D eigenvalue weighted by Crippen LogP contribution is 2.20. The average molecular weight is 218 g/mol. The number of benzene rings is 1. The van der Waals surface area contributed by atoms with Crippen LogP contribution in [0.15, 0.2) is 39.5 Å². The average Bonchev–Trinajstić information content (AvgIpc) is 3.09. The SMILES string of the molecule is O=c1ccc2ccc(OCC3CO3)cc2o1.